The highest BCUT2D eigenvalue weighted by Gasteiger charge is 2.31. The summed E-state index contributed by atoms with van der Waals surface area (Å²) in [5, 5.41) is 14.6. The number of ether oxygens (including phenoxy) is 1. The van der Waals surface area contributed by atoms with Gasteiger partial charge < -0.3 is 10.1 Å². The van der Waals surface area contributed by atoms with Crippen LogP contribution in [0.5, 0.6) is 5.75 Å². The summed E-state index contributed by atoms with van der Waals surface area (Å²) in [5.41, 5.74) is 1.29. The average Bonchev–Trinajstić information content (AvgIpc) is 3.52. The second kappa shape index (κ2) is 7.89. The van der Waals surface area contributed by atoms with Crippen molar-refractivity contribution >= 4 is 21.5 Å². The van der Waals surface area contributed by atoms with E-state index in [2.05, 4.69) is 39.2 Å². The average molecular weight is 461 g/mol. The van der Waals surface area contributed by atoms with Crippen LogP contribution in [0.15, 0.2) is 35.5 Å². The number of aromatic amines is 1. The Labute approximate surface area is 185 Å². The summed E-state index contributed by atoms with van der Waals surface area (Å²) < 4.78 is 48.8. The maximum Gasteiger partial charge on any atom is 0.241 e. The molecule has 3 heterocycles. The first-order valence-electron chi connectivity index (χ1n) is 10.6. The van der Waals surface area contributed by atoms with Crippen molar-refractivity contribution < 1.29 is 17.5 Å². The molecule has 0 amide bonds. The van der Waals surface area contributed by atoms with Gasteiger partial charge in [-0.15, -0.1) is 0 Å². The molecule has 0 saturated heterocycles. The lowest BCUT2D eigenvalue weighted by molar-refractivity contribution is 0.207. The predicted molar refractivity (Wildman–Crippen MR) is 116 cm³/mol. The number of halogens is 1. The van der Waals surface area contributed by atoms with Crippen molar-refractivity contribution in [2.24, 2.45) is 0 Å². The SMILES string of the molecule is CC(C)n1cc(O[C@@H]2CC[C@H](c3cc(Nc4ccc5c(c4F)CNS5(=O)=O)n[nH]3)C2)cn1. The van der Waals surface area contributed by atoms with Crippen LogP contribution >= 0.6 is 0 Å². The molecule has 3 N–H and O–H groups in total. The molecule has 3 aromatic rings. The molecule has 1 aromatic carbocycles. The summed E-state index contributed by atoms with van der Waals surface area (Å²) >= 11 is 0. The lowest BCUT2D eigenvalue weighted by Gasteiger charge is -2.12. The van der Waals surface area contributed by atoms with Crippen molar-refractivity contribution in [3.8, 4) is 5.75 Å². The van der Waals surface area contributed by atoms with Gasteiger partial charge in [-0.05, 0) is 45.2 Å². The van der Waals surface area contributed by atoms with E-state index in [1.807, 2.05) is 16.9 Å². The molecule has 1 aliphatic heterocycles. The maximum atomic E-state index is 14.8. The van der Waals surface area contributed by atoms with Crippen LogP contribution in [0.4, 0.5) is 15.9 Å². The van der Waals surface area contributed by atoms with Crippen LogP contribution < -0.4 is 14.8 Å². The van der Waals surface area contributed by atoms with Gasteiger partial charge in [-0.25, -0.2) is 17.5 Å². The summed E-state index contributed by atoms with van der Waals surface area (Å²) in [6.07, 6.45) is 6.51. The van der Waals surface area contributed by atoms with Gasteiger partial charge in [0.25, 0.3) is 0 Å². The van der Waals surface area contributed by atoms with Crippen molar-refractivity contribution in [3.63, 3.8) is 0 Å². The van der Waals surface area contributed by atoms with Crippen molar-refractivity contribution in [2.45, 2.75) is 62.6 Å². The van der Waals surface area contributed by atoms with Crippen LogP contribution in [-0.2, 0) is 16.6 Å². The van der Waals surface area contributed by atoms with Crippen molar-refractivity contribution in [1.29, 1.82) is 0 Å². The molecule has 2 aliphatic rings. The lowest BCUT2D eigenvalue weighted by Crippen LogP contribution is -2.13. The number of aromatic nitrogens is 4. The van der Waals surface area contributed by atoms with E-state index in [1.165, 1.54) is 12.1 Å². The number of benzene rings is 1. The predicted octanol–water partition coefficient (Wildman–Crippen LogP) is 3.58. The Morgan fingerprint density at radius 1 is 1.31 bits per heavy atom. The second-order valence-electron chi connectivity index (χ2n) is 8.56. The fourth-order valence-corrected chi connectivity index (χ4v) is 5.52. The van der Waals surface area contributed by atoms with Crippen LogP contribution in [0, 0.1) is 5.82 Å². The van der Waals surface area contributed by atoms with E-state index in [0.29, 0.717) is 5.82 Å². The minimum Gasteiger partial charge on any atom is -0.487 e. The zero-order valence-electron chi connectivity index (χ0n) is 17.8. The standard InChI is InChI=1S/C21H25FN6O3S/c1-12(2)28-11-15(9-23-28)31-14-4-3-13(7-14)18-8-20(27-26-18)25-17-5-6-19-16(21(17)22)10-24-32(19,29)30/h5-6,8-9,11-14,24H,3-4,7,10H2,1-2H3,(H2,25,26,27)/t13-,14+/m0/s1. The minimum absolute atomic E-state index is 0.0146. The summed E-state index contributed by atoms with van der Waals surface area (Å²) in [4.78, 5) is -0.0146. The van der Waals surface area contributed by atoms with E-state index in [0.717, 1.165) is 30.7 Å². The third-order valence-electron chi connectivity index (χ3n) is 6.02. The minimum atomic E-state index is -3.61. The molecular weight excluding hydrogens is 435 g/mol. The molecule has 2 aromatic heterocycles. The molecule has 1 fully saturated rings. The van der Waals surface area contributed by atoms with Crippen LogP contribution in [0.1, 0.15) is 56.3 Å². The van der Waals surface area contributed by atoms with Gasteiger partial charge in [0.2, 0.25) is 10.0 Å². The number of nitrogens with zero attached hydrogens (tertiary/aromatic N) is 3. The Morgan fingerprint density at radius 3 is 2.94 bits per heavy atom. The molecule has 32 heavy (non-hydrogen) atoms. The number of nitrogens with one attached hydrogen (secondary N) is 3. The number of hydrogen-bond acceptors (Lipinski definition) is 6. The molecule has 0 bridgehead atoms. The van der Waals surface area contributed by atoms with Crippen molar-refractivity contribution in [1.82, 2.24) is 24.7 Å². The van der Waals surface area contributed by atoms with Crippen LogP contribution in [0.3, 0.4) is 0 Å². The fourth-order valence-electron chi connectivity index (χ4n) is 4.30. The van der Waals surface area contributed by atoms with Gasteiger partial charge in [-0.2, -0.15) is 10.2 Å². The van der Waals surface area contributed by atoms with Crippen molar-refractivity contribution in [2.75, 3.05) is 5.32 Å². The van der Waals surface area contributed by atoms with Gasteiger partial charge in [0.1, 0.15) is 0 Å². The van der Waals surface area contributed by atoms with E-state index in [4.69, 9.17) is 4.74 Å². The molecule has 1 aliphatic carbocycles. The third-order valence-corrected chi connectivity index (χ3v) is 7.51. The second-order valence-corrected chi connectivity index (χ2v) is 10.3. The molecule has 2 atom stereocenters. The Balaban J connectivity index is 1.24. The fraction of sp³-hybridized carbons (Fsp3) is 0.429. The summed E-state index contributed by atoms with van der Waals surface area (Å²) in [6.45, 7) is 4.09. The Bertz CT molecular complexity index is 1250. The summed E-state index contributed by atoms with van der Waals surface area (Å²) in [6, 6.07) is 4.98. The number of hydrogen-bond donors (Lipinski definition) is 3. The number of rotatable bonds is 6. The third kappa shape index (κ3) is 3.86. The molecule has 170 valence electrons. The topological polar surface area (TPSA) is 114 Å². The molecule has 11 heteroatoms. The van der Waals surface area contributed by atoms with E-state index in [-0.39, 0.29) is 40.8 Å². The normalized spacial score (nSPS) is 21.8. The van der Waals surface area contributed by atoms with Gasteiger partial charge in [0.15, 0.2) is 17.4 Å². The van der Waals surface area contributed by atoms with E-state index >= 15 is 0 Å². The van der Waals surface area contributed by atoms with Gasteiger partial charge in [-0.1, -0.05) is 0 Å². The maximum absolute atomic E-state index is 14.8. The number of H-pyrrole nitrogens is 1. The number of anilines is 2. The first kappa shape index (κ1) is 21.0. The van der Waals surface area contributed by atoms with Crippen molar-refractivity contribution in [3.05, 3.63) is 47.7 Å². The largest absolute Gasteiger partial charge is 0.487 e. The summed E-state index contributed by atoms with van der Waals surface area (Å²) in [7, 11) is -3.61. The quantitative estimate of drug-likeness (QED) is 0.518. The van der Waals surface area contributed by atoms with Crippen LogP contribution in [0.2, 0.25) is 0 Å². The Kier molecular flexibility index (Phi) is 5.17. The zero-order chi connectivity index (χ0) is 22.5. The van der Waals surface area contributed by atoms with Crippen LogP contribution in [0.25, 0.3) is 0 Å². The highest BCUT2D eigenvalue weighted by Crippen LogP contribution is 2.37. The molecular formula is C21H25FN6O3S. The van der Waals surface area contributed by atoms with Crippen LogP contribution in [-0.4, -0.2) is 34.5 Å². The zero-order valence-corrected chi connectivity index (χ0v) is 18.6. The van der Waals surface area contributed by atoms with Gasteiger partial charge in [0, 0.05) is 35.8 Å². The molecule has 0 radical (unpaired) electrons. The monoisotopic (exact) mass is 460 g/mol. The number of fused-ring (bicyclic) bond motifs is 1. The summed E-state index contributed by atoms with van der Waals surface area (Å²) in [5.74, 6) is 0.939. The molecule has 9 nitrogen and oxygen atoms in total. The van der Waals surface area contributed by atoms with E-state index in [9.17, 15) is 12.8 Å². The Hall–Kier alpha value is -2.92. The van der Waals surface area contributed by atoms with Gasteiger partial charge in [-0.3, -0.25) is 9.78 Å². The smallest absolute Gasteiger partial charge is 0.241 e. The highest BCUT2D eigenvalue weighted by molar-refractivity contribution is 7.89. The van der Waals surface area contributed by atoms with Gasteiger partial charge >= 0.3 is 0 Å². The van der Waals surface area contributed by atoms with E-state index < -0.39 is 15.8 Å². The lowest BCUT2D eigenvalue weighted by atomic mass is 10.0. The van der Waals surface area contributed by atoms with E-state index in [1.54, 1.807) is 6.20 Å². The molecule has 0 spiro atoms. The molecule has 1 saturated carbocycles. The van der Waals surface area contributed by atoms with Gasteiger partial charge in [0.05, 0.1) is 29.1 Å². The first-order chi connectivity index (χ1) is 15.3. The number of sulfonamides is 1. The first-order valence-corrected chi connectivity index (χ1v) is 12.1. The molecule has 0 unspecified atom stereocenters. The molecule has 5 rings (SSSR count). The highest BCUT2D eigenvalue weighted by atomic mass is 32.2. The Morgan fingerprint density at radius 2 is 2.16 bits per heavy atom.